The van der Waals surface area contributed by atoms with E-state index in [-0.39, 0.29) is 17.7 Å². The second-order valence-corrected chi connectivity index (χ2v) is 11.6. The smallest absolute Gasteiger partial charge is 0.303 e. The Kier molecular flexibility index (Phi) is 7.96. The number of esters is 3. The van der Waals surface area contributed by atoms with Crippen LogP contribution in [0.3, 0.4) is 0 Å². The molecular formula is C29H33NO14. The van der Waals surface area contributed by atoms with E-state index < -0.39 is 103 Å². The SMILES string of the molecule is CC(=O)OC[C@H]1O[C@@H](O[C@H]2[C@@H]3OC[C@@H](O3)[C@@H]3OC(C)(C)O[C@@H]32)[C@H](N2C(=O)c3ccccc3C2=O)[C@@H](OC(C)=O)[C@@H]1OC(C)=O. The number of rotatable bonds is 7. The van der Waals surface area contributed by atoms with Crippen LogP contribution in [0.25, 0.3) is 0 Å². The lowest BCUT2D eigenvalue weighted by atomic mass is 9.94. The fourth-order valence-corrected chi connectivity index (χ4v) is 6.34. The normalized spacial score (nSPS) is 36.9. The molecule has 0 aliphatic carbocycles. The average molecular weight is 620 g/mol. The summed E-state index contributed by atoms with van der Waals surface area (Å²) in [5.74, 6) is -4.65. The van der Waals surface area contributed by atoms with Crippen LogP contribution in [-0.2, 0) is 57.0 Å². The number of nitrogens with zero attached hydrogens (tertiary/aromatic N) is 1. The Bertz CT molecular complexity index is 1330. The second-order valence-electron chi connectivity index (χ2n) is 11.6. The fourth-order valence-electron chi connectivity index (χ4n) is 6.34. The zero-order valence-electron chi connectivity index (χ0n) is 24.7. The van der Waals surface area contributed by atoms with Crippen molar-refractivity contribution in [1.82, 2.24) is 4.90 Å². The molecule has 1 aromatic rings. The van der Waals surface area contributed by atoms with Crippen molar-refractivity contribution >= 4 is 29.7 Å². The third-order valence-corrected chi connectivity index (χ3v) is 7.94. The number of carbonyl (C=O) groups excluding carboxylic acids is 5. The van der Waals surface area contributed by atoms with Crippen molar-refractivity contribution in [2.45, 2.75) is 102 Å². The van der Waals surface area contributed by atoms with Gasteiger partial charge in [-0.2, -0.15) is 0 Å². The van der Waals surface area contributed by atoms with Crippen LogP contribution >= 0.6 is 0 Å². The first kappa shape index (κ1) is 30.6. The van der Waals surface area contributed by atoms with Gasteiger partial charge < -0.3 is 42.6 Å². The van der Waals surface area contributed by atoms with Crippen molar-refractivity contribution in [2.75, 3.05) is 13.2 Å². The molecule has 0 unspecified atom stereocenters. The summed E-state index contributed by atoms with van der Waals surface area (Å²) in [6, 6.07) is 4.69. The topological polar surface area (TPSA) is 172 Å². The van der Waals surface area contributed by atoms with E-state index in [0.29, 0.717) is 0 Å². The van der Waals surface area contributed by atoms with Gasteiger partial charge in [0.2, 0.25) is 0 Å². The van der Waals surface area contributed by atoms with Crippen LogP contribution in [0.1, 0.15) is 55.3 Å². The van der Waals surface area contributed by atoms with Crippen molar-refractivity contribution < 1.29 is 66.6 Å². The number of carbonyl (C=O) groups is 5. The van der Waals surface area contributed by atoms with Gasteiger partial charge in [-0.15, -0.1) is 0 Å². The van der Waals surface area contributed by atoms with Crippen LogP contribution in [0.2, 0.25) is 0 Å². The average Bonchev–Trinajstić information content (AvgIpc) is 3.60. The summed E-state index contributed by atoms with van der Waals surface area (Å²) in [7, 11) is 0. The fraction of sp³-hybridized carbons (Fsp3) is 0.621. The summed E-state index contributed by atoms with van der Waals surface area (Å²) in [5.41, 5.74) is 0.224. The third-order valence-electron chi connectivity index (χ3n) is 7.94. The van der Waals surface area contributed by atoms with E-state index in [9.17, 15) is 24.0 Å². The highest BCUT2D eigenvalue weighted by Gasteiger charge is 2.63. The van der Waals surface area contributed by atoms with E-state index in [1.54, 1.807) is 26.0 Å². The lowest BCUT2D eigenvalue weighted by Crippen LogP contribution is -2.69. The predicted octanol–water partition coefficient (Wildman–Crippen LogP) is 0.463. The first-order valence-electron chi connectivity index (χ1n) is 14.2. The van der Waals surface area contributed by atoms with Crippen LogP contribution < -0.4 is 0 Å². The Morgan fingerprint density at radius 1 is 0.864 bits per heavy atom. The van der Waals surface area contributed by atoms with E-state index in [1.165, 1.54) is 19.1 Å². The molecular weight excluding hydrogens is 586 g/mol. The van der Waals surface area contributed by atoms with Gasteiger partial charge in [-0.25, -0.2) is 0 Å². The molecule has 4 fully saturated rings. The molecule has 0 aromatic heterocycles. The number of hydrogen-bond donors (Lipinski definition) is 0. The molecule has 0 spiro atoms. The highest BCUT2D eigenvalue weighted by molar-refractivity contribution is 6.21. The molecule has 0 saturated carbocycles. The Morgan fingerprint density at radius 3 is 2.09 bits per heavy atom. The molecule has 5 aliphatic heterocycles. The van der Waals surface area contributed by atoms with Crippen LogP contribution in [0.5, 0.6) is 0 Å². The van der Waals surface area contributed by atoms with Crippen molar-refractivity contribution in [3.63, 3.8) is 0 Å². The van der Waals surface area contributed by atoms with Crippen LogP contribution in [0.4, 0.5) is 0 Å². The van der Waals surface area contributed by atoms with E-state index >= 15 is 0 Å². The highest BCUT2D eigenvalue weighted by atomic mass is 16.8. The van der Waals surface area contributed by atoms with Crippen molar-refractivity contribution in [3.8, 4) is 0 Å². The molecule has 5 aliphatic rings. The quantitative estimate of drug-likeness (QED) is 0.234. The summed E-state index contributed by atoms with van der Waals surface area (Å²) < 4.78 is 53.3. The minimum Gasteiger partial charge on any atom is -0.463 e. The molecule has 15 heteroatoms. The number of fused-ring (bicyclic) bond motifs is 5. The molecule has 0 N–H and O–H groups in total. The van der Waals surface area contributed by atoms with E-state index in [4.69, 9.17) is 42.6 Å². The molecule has 0 radical (unpaired) electrons. The molecule has 2 amide bonds. The molecule has 44 heavy (non-hydrogen) atoms. The molecule has 6 rings (SSSR count). The lowest BCUT2D eigenvalue weighted by Gasteiger charge is -2.48. The van der Waals surface area contributed by atoms with E-state index in [2.05, 4.69) is 0 Å². The van der Waals surface area contributed by atoms with Crippen molar-refractivity contribution in [2.24, 2.45) is 0 Å². The number of imide groups is 1. The maximum Gasteiger partial charge on any atom is 0.303 e. The zero-order chi connectivity index (χ0) is 31.5. The summed E-state index contributed by atoms with van der Waals surface area (Å²) >= 11 is 0. The van der Waals surface area contributed by atoms with Gasteiger partial charge in [-0.1, -0.05) is 12.1 Å². The van der Waals surface area contributed by atoms with E-state index in [1.807, 2.05) is 0 Å². The molecule has 4 saturated heterocycles. The second kappa shape index (κ2) is 11.5. The largest absolute Gasteiger partial charge is 0.463 e. The van der Waals surface area contributed by atoms with Gasteiger partial charge in [-0.3, -0.25) is 28.9 Å². The minimum atomic E-state index is -1.55. The summed E-state index contributed by atoms with van der Waals surface area (Å²) in [6.45, 7) is 6.67. The number of amides is 2. The maximum atomic E-state index is 13.8. The first-order valence-corrected chi connectivity index (χ1v) is 14.2. The Balaban J connectivity index is 1.43. The minimum absolute atomic E-state index is 0.112. The molecule has 2 bridgehead atoms. The van der Waals surface area contributed by atoms with Gasteiger partial charge in [0.25, 0.3) is 11.8 Å². The van der Waals surface area contributed by atoms with Gasteiger partial charge in [0.1, 0.15) is 43.2 Å². The predicted molar refractivity (Wildman–Crippen MR) is 140 cm³/mol. The molecule has 10 atom stereocenters. The first-order chi connectivity index (χ1) is 20.8. The Morgan fingerprint density at radius 2 is 1.48 bits per heavy atom. The molecule has 5 heterocycles. The number of hydrogen-bond acceptors (Lipinski definition) is 14. The molecule has 238 valence electrons. The third kappa shape index (κ3) is 5.48. The summed E-state index contributed by atoms with van der Waals surface area (Å²) in [5, 5.41) is 0. The zero-order valence-corrected chi connectivity index (χ0v) is 24.7. The van der Waals surface area contributed by atoms with Crippen molar-refractivity contribution in [3.05, 3.63) is 35.4 Å². The Hall–Kier alpha value is -3.47. The maximum absolute atomic E-state index is 13.8. The van der Waals surface area contributed by atoms with E-state index in [0.717, 1.165) is 18.7 Å². The standard InChI is InChI=1S/C29H33NO14/c1-12(31)36-10-17-20(38-13(2)32)22(39-14(3)33)19(30-25(34)15-8-6-7-9-16(15)26(30)35)27(40-17)42-24-23-21(43-29(4,5)44-23)18-11-37-28(24)41-18/h6-9,17-24,27-28H,10-11H2,1-5H3/t17-,18-,19-,20-,21+,22-,23+,24-,27+,28-/m1/s1. The van der Waals surface area contributed by atoms with Crippen LogP contribution in [0.15, 0.2) is 24.3 Å². The summed E-state index contributed by atoms with van der Waals surface area (Å²) in [4.78, 5) is 64.9. The number of benzene rings is 1. The van der Waals surface area contributed by atoms with Gasteiger partial charge in [0, 0.05) is 20.8 Å². The number of ether oxygens (including phenoxy) is 9. The monoisotopic (exact) mass is 619 g/mol. The molecule has 1 aromatic carbocycles. The van der Waals surface area contributed by atoms with Crippen molar-refractivity contribution in [1.29, 1.82) is 0 Å². The summed E-state index contributed by atoms with van der Waals surface area (Å²) in [6.07, 6.45) is -9.39. The van der Waals surface area contributed by atoms with Gasteiger partial charge in [0.15, 0.2) is 30.6 Å². The highest BCUT2D eigenvalue weighted by Crippen LogP contribution is 2.44. The van der Waals surface area contributed by atoms with Gasteiger partial charge in [-0.05, 0) is 26.0 Å². The lowest BCUT2D eigenvalue weighted by molar-refractivity contribution is -0.328. The van der Waals surface area contributed by atoms with Gasteiger partial charge in [0.05, 0.1) is 17.7 Å². The Labute approximate surface area is 251 Å². The van der Waals surface area contributed by atoms with Gasteiger partial charge >= 0.3 is 17.9 Å². The van der Waals surface area contributed by atoms with Crippen LogP contribution in [-0.4, -0.2) is 115 Å². The molecule has 15 nitrogen and oxygen atoms in total. The van der Waals surface area contributed by atoms with Crippen LogP contribution in [0, 0.1) is 0 Å².